The quantitative estimate of drug-likeness (QED) is 0.669. The van der Waals surface area contributed by atoms with Crippen LogP contribution in [0.15, 0.2) is 18.3 Å². The predicted molar refractivity (Wildman–Crippen MR) is 52.3 cm³/mol. The normalized spacial score (nSPS) is 10.6. The van der Waals surface area contributed by atoms with E-state index in [0.29, 0.717) is 12.5 Å². The van der Waals surface area contributed by atoms with E-state index in [-0.39, 0.29) is 6.29 Å². The largest absolute Gasteiger partial charge is 0.472 e. The Labute approximate surface area is 83.8 Å². The van der Waals surface area contributed by atoms with Gasteiger partial charge in [0.1, 0.15) is 6.61 Å². The van der Waals surface area contributed by atoms with Gasteiger partial charge < -0.3 is 14.2 Å². The van der Waals surface area contributed by atoms with Crippen LogP contribution in [0.5, 0.6) is 5.88 Å². The molecule has 1 heterocycles. The molecule has 0 N–H and O–H groups in total. The smallest absolute Gasteiger partial charge is 0.213 e. The van der Waals surface area contributed by atoms with Gasteiger partial charge in [0, 0.05) is 26.5 Å². The fourth-order valence-corrected chi connectivity index (χ4v) is 0.925. The molecule has 78 valence electrons. The number of aromatic nitrogens is 1. The SMILES string of the molecule is COC(COc1ccc(C)cn1)OC. The molecular weight excluding hydrogens is 182 g/mol. The molecule has 0 fully saturated rings. The van der Waals surface area contributed by atoms with Crippen molar-refractivity contribution in [2.24, 2.45) is 0 Å². The van der Waals surface area contributed by atoms with Crippen LogP contribution >= 0.6 is 0 Å². The number of hydrogen-bond acceptors (Lipinski definition) is 4. The Hall–Kier alpha value is -1.13. The Balaban J connectivity index is 2.41. The second kappa shape index (κ2) is 5.57. The Morgan fingerprint density at radius 2 is 2.00 bits per heavy atom. The van der Waals surface area contributed by atoms with Gasteiger partial charge in [-0.3, -0.25) is 0 Å². The van der Waals surface area contributed by atoms with Crippen LogP contribution in [0.3, 0.4) is 0 Å². The molecule has 0 aliphatic carbocycles. The number of methoxy groups -OCH3 is 2. The molecule has 0 amide bonds. The molecular formula is C10H15NO3. The number of hydrogen-bond donors (Lipinski definition) is 0. The fraction of sp³-hybridized carbons (Fsp3) is 0.500. The van der Waals surface area contributed by atoms with Crippen LogP contribution in [0.2, 0.25) is 0 Å². The second-order valence-electron chi connectivity index (χ2n) is 2.89. The van der Waals surface area contributed by atoms with Gasteiger partial charge in [0.25, 0.3) is 0 Å². The van der Waals surface area contributed by atoms with Crippen LogP contribution in [-0.2, 0) is 9.47 Å². The first-order valence-corrected chi connectivity index (χ1v) is 4.37. The highest BCUT2D eigenvalue weighted by molar-refractivity contribution is 5.16. The minimum atomic E-state index is -0.349. The molecule has 4 heteroatoms. The maximum absolute atomic E-state index is 5.34. The highest BCUT2D eigenvalue weighted by atomic mass is 16.7. The molecule has 0 aliphatic rings. The molecule has 0 atom stereocenters. The van der Waals surface area contributed by atoms with Crippen molar-refractivity contribution >= 4 is 0 Å². The maximum atomic E-state index is 5.34. The fourth-order valence-electron chi connectivity index (χ4n) is 0.925. The molecule has 1 aromatic heterocycles. The third kappa shape index (κ3) is 3.32. The van der Waals surface area contributed by atoms with Crippen LogP contribution in [0, 0.1) is 6.92 Å². The van der Waals surface area contributed by atoms with Crippen molar-refractivity contribution in [2.45, 2.75) is 13.2 Å². The van der Waals surface area contributed by atoms with Gasteiger partial charge in [0.15, 0.2) is 6.29 Å². The van der Waals surface area contributed by atoms with Crippen molar-refractivity contribution in [3.8, 4) is 5.88 Å². The van der Waals surface area contributed by atoms with Gasteiger partial charge in [0.2, 0.25) is 5.88 Å². The van der Waals surface area contributed by atoms with Crippen molar-refractivity contribution in [3.63, 3.8) is 0 Å². The minimum Gasteiger partial charge on any atom is -0.472 e. The Kier molecular flexibility index (Phi) is 4.35. The zero-order valence-electron chi connectivity index (χ0n) is 8.69. The van der Waals surface area contributed by atoms with E-state index in [0.717, 1.165) is 5.56 Å². The van der Waals surface area contributed by atoms with E-state index in [1.165, 1.54) is 0 Å². The number of rotatable bonds is 5. The summed E-state index contributed by atoms with van der Waals surface area (Å²) in [5, 5.41) is 0. The molecule has 0 spiro atoms. The first kappa shape index (κ1) is 10.9. The van der Waals surface area contributed by atoms with Gasteiger partial charge in [0.05, 0.1) is 0 Å². The van der Waals surface area contributed by atoms with E-state index in [1.807, 2.05) is 19.1 Å². The van der Waals surface area contributed by atoms with E-state index in [2.05, 4.69) is 4.98 Å². The Morgan fingerprint density at radius 1 is 1.29 bits per heavy atom. The van der Waals surface area contributed by atoms with Gasteiger partial charge in [-0.25, -0.2) is 4.98 Å². The summed E-state index contributed by atoms with van der Waals surface area (Å²) in [4.78, 5) is 4.09. The summed E-state index contributed by atoms with van der Waals surface area (Å²) in [6.45, 7) is 2.31. The number of nitrogens with zero attached hydrogens (tertiary/aromatic N) is 1. The molecule has 4 nitrogen and oxygen atoms in total. The highest BCUT2D eigenvalue weighted by Gasteiger charge is 2.05. The van der Waals surface area contributed by atoms with Crippen molar-refractivity contribution in [2.75, 3.05) is 20.8 Å². The van der Waals surface area contributed by atoms with Gasteiger partial charge in [-0.1, -0.05) is 6.07 Å². The first-order valence-electron chi connectivity index (χ1n) is 4.37. The summed E-state index contributed by atoms with van der Waals surface area (Å²) in [6.07, 6.45) is 1.40. The summed E-state index contributed by atoms with van der Waals surface area (Å²) in [7, 11) is 3.14. The van der Waals surface area contributed by atoms with E-state index >= 15 is 0 Å². The maximum Gasteiger partial charge on any atom is 0.213 e. The van der Waals surface area contributed by atoms with Gasteiger partial charge >= 0.3 is 0 Å². The first-order chi connectivity index (χ1) is 6.76. The molecule has 14 heavy (non-hydrogen) atoms. The molecule has 0 saturated carbocycles. The van der Waals surface area contributed by atoms with Crippen molar-refractivity contribution in [1.29, 1.82) is 0 Å². The average molecular weight is 197 g/mol. The van der Waals surface area contributed by atoms with E-state index < -0.39 is 0 Å². The lowest BCUT2D eigenvalue weighted by molar-refractivity contribution is -0.122. The third-order valence-electron chi connectivity index (χ3n) is 1.78. The summed E-state index contributed by atoms with van der Waals surface area (Å²) in [5.74, 6) is 0.578. The summed E-state index contributed by atoms with van der Waals surface area (Å²) in [6, 6.07) is 3.76. The van der Waals surface area contributed by atoms with E-state index in [1.54, 1.807) is 20.4 Å². The zero-order chi connectivity index (χ0) is 10.4. The number of pyridine rings is 1. The molecule has 0 bridgehead atoms. The summed E-state index contributed by atoms with van der Waals surface area (Å²) >= 11 is 0. The van der Waals surface area contributed by atoms with E-state index in [9.17, 15) is 0 Å². The topological polar surface area (TPSA) is 40.6 Å². The summed E-state index contributed by atoms with van der Waals surface area (Å²) < 4.78 is 15.3. The molecule has 0 aromatic carbocycles. The molecule has 1 aromatic rings. The third-order valence-corrected chi connectivity index (χ3v) is 1.78. The van der Waals surface area contributed by atoms with Crippen LogP contribution in [0.25, 0.3) is 0 Å². The second-order valence-corrected chi connectivity index (χ2v) is 2.89. The monoisotopic (exact) mass is 197 g/mol. The number of aryl methyl sites for hydroxylation is 1. The lowest BCUT2D eigenvalue weighted by Crippen LogP contribution is -2.22. The molecule has 0 aliphatic heterocycles. The van der Waals surface area contributed by atoms with Crippen molar-refractivity contribution in [1.82, 2.24) is 4.98 Å². The highest BCUT2D eigenvalue weighted by Crippen LogP contribution is 2.07. The standard InChI is InChI=1S/C10H15NO3/c1-8-4-5-9(11-6-8)14-7-10(12-2)13-3/h4-6,10H,7H2,1-3H3. The average Bonchev–Trinajstić information content (AvgIpc) is 2.22. The van der Waals surface area contributed by atoms with Gasteiger partial charge in [-0.05, 0) is 12.5 Å². The zero-order valence-corrected chi connectivity index (χ0v) is 8.69. The summed E-state index contributed by atoms with van der Waals surface area (Å²) in [5.41, 5.74) is 1.10. The Morgan fingerprint density at radius 3 is 2.50 bits per heavy atom. The van der Waals surface area contributed by atoms with Crippen LogP contribution in [0.1, 0.15) is 5.56 Å². The molecule has 1 rings (SSSR count). The minimum absolute atomic E-state index is 0.336. The van der Waals surface area contributed by atoms with Crippen molar-refractivity contribution < 1.29 is 14.2 Å². The van der Waals surface area contributed by atoms with Crippen LogP contribution in [-0.4, -0.2) is 32.1 Å². The number of ether oxygens (including phenoxy) is 3. The van der Waals surface area contributed by atoms with Crippen LogP contribution < -0.4 is 4.74 Å². The molecule has 0 radical (unpaired) electrons. The molecule has 0 unspecified atom stereocenters. The van der Waals surface area contributed by atoms with E-state index in [4.69, 9.17) is 14.2 Å². The van der Waals surface area contributed by atoms with Gasteiger partial charge in [-0.2, -0.15) is 0 Å². The molecule has 0 saturated heterocycles. The Bertz CT molecular complexity index is 257. The van der Waals surface area contributed by atoms with Crippen LogP contribution in [0.4, 0.5) is 0 Å². The van der Waals surface area contributed by atoms with Gasteiger partial charge in [-0.15, -0.1) is 0 Å². The predicted octanol–water partition coefficient (Wildman–Crippen LogP) is 1.39. The lowest BCUT2D eigenvalue weighted by atomic mass is 10.3. The van der Waals surface area contributed by atoms with Crippen molar-refractivity contribution in [3.05, 3.63) is 23.9 Å². The lowest BCUT2D eigenvalue weighted by Gasteiger charge is -2.13.